The summed E-state index contributed by atoms with van der Waals surface area (Å²) in [4.78, 5) is 0. The van der Waals surface area contributed by atoms with Crippen LogP contribution in [0.15, 0.2) is 0 Å². The molecule has 0 fully saturated rings. The minimum atomic E-state index is -5.17. The zero-order valence-corrected chi connectivity index (χ0v) is 17.9. The van der Waals surface area contributed by atoms with E-state index in [1.165, 1.54) is 0 Å². The summed E-state index contributed by atoms with van der Waals surface area (Å²) in [6.45, 7) is 0. The van der Waals surface area contributed by atoms with Crippen LogP contribution in [0.3, 0.4) is 0 Å². The van der Waals surface area contributed by atoms with E-state index in [1.54, 1.807) is 0 Å². The van der Waals surface area contributed by atoms with Crippen LogP contribution in [0.1, 0.15) is 0 Å². The molecule has 96 valence electrons. The van der Waals surface area contributed by atoms with Crippen molar-refractivity contribution in [3.8, 4) is 0 Å². The molecule has 0 saturated heterocycles. The summed E-state index contributed by atoms with van der Waals surface area (Å²) >= 11 is 0. The van der Waals surface area contributed by atoms with Crippen LogP contribution in [-0.4, -0.2) is 75.6 Å². The Balaban J connectivity index is -0.0000000277. The SMILES string of the molecule is O=S(=O)(O)O.O=S(=O)([O-])[O-].O=S(=O)([O-])[O-].[K+].[Mg+2].[Na+]. The molecule has 0 unspecified atom stereocenters. The average Bonchev–Trinajstić information content (AvgIpc) is 1.41. The third kappa shape index (κ3) is 680. The van der Waals surface area contributed by atoms with E-state index in [-0.39, 0.29) is 104 Å². The van der Waals surface area contributed by atoms with Crippen molar-refractivity contribution in [3.63, 3.8) is 0 Å². The van der Waals surface area contributed by atoms with Crippen molar-refractivity contribution in [2.24, 2.45) is 0 Å². The summed E-state index contributed by atoms with van der Waals surface area (Å²) in [6.07, 6.45) is 0. The molecular formula is H2KMgNaO12S3. The number of hydrogen-bond donors (Lipinski definition) is 2. The second kappa shape index (κ2) is 16.4. The Morgan fingerprint density at radius 3 is 0.667 bits per heavy atom. The topological polar surface area (TPSA) is 235 Å². The second-order valence-electron chi connectivity index (χ2n) is 1.26. The Morgan fingerprint density at radius 1 is 0.667 bits per heavy atom. The Labute approximate surface area is 184 Å². The third-order valence-electron chi connectivity index (χ3n) is 0. The molecule has 0 bridgehead atoms. The van der Waals surface area contributed by atoms with Crippen molar-refractivity contribution in [2.45, 2.75) is 0 Å². The molecule has 0 atom stereocenters. The van der Waals surface area contributed by atoms with Gasteiger partial charge in [-0.1, -0.05) is 0 Å². The molecule has 12 nitrogen and oxygen atoms in total. The van der Waals surface area contributed by atoms with Crippen LogP contribution in [-0.2, 0) is 31.2 Å². The van der Waals surface area contributed by atoms with Gasteiger partial charge in [0, 0.05) is 20.8 Å². The molecule has 0 radical (unpaired) electrons. The monoisotopic (exact) mass is 376 g/mol. The predicted molar refractivity (Wildman–Crippen MR) is 40.9 cm³/mol. The molecule has 0 saturated carbocycles. The van der Waals surface area contributed by atoms with Crippen molar-refractivity contribution in [1.82, 2.24) is 0 Å². The fourth-order valence-corrected chi connectivity index (χ4v) is 0. The fourth-order valence-electron chi connectivity index (χ4n) is 0. The molecule has 0 rings (SSSR count). The maximum atomic E-state index is 8.74. The van der Waals surface area contributed by atoms with Gasteiger partial charge in [0.2, 0.25) is 0 Å². The summed E-state index contributed by atoms with van der Waals surface area (Å²) in [5.74, 6) is 0. The Bertz CT molecular complexity index is 348. The van der Waals surface area contributed by atoms with Crippen LogP contribution in [0.5, 0.6) is 0 Å². The van der Waals surface area contributed by atoms with E-state index < -0.39 is 31.2 Å². The van der Waals surface area contributed by atoms with Crippen LogP contribution in [0.4, 0.5) is 0 Å². The molecule has 18 heavy (non-hydrogen) atoms. The molecule has 0 amide bonds. The standard InChI is InChI=1S/K.Mg.Na.3H2O4S/c;;;3*1-5(2,3)4/h;;;3*(H2,1,2,3,4)/q+1;+2;+1;;;/p-4. The molecule has 0 heterocycles. The van der Waals surface area contributed by atoms with Crippen LogP contribution < -0.4 is 80.9 Å². The molecule has 0 aliphatic rings. The van der Waals surface area contributed by atoms with Gasteiger partial charge in [-0.3, -0.25) is 25.9 Å². The number of rotatable bonds is 0. The van der Waals surface area contributed by atoms with E-state index in [0.717, 1.165) is 0 Å². The van der Waals surface area contributed by atoms with E-state index in [0.29, 0.717) is 0 Å². The first-order valence-electron chi connectivity index (χ1n) is 2.03. The first-order valence-corrected chi connectivity index (χ1v) is 6.10. The summed E-state index contributed by atoms with van der Waals surface area (Å²) in [6, 6.07) is 0. The van der Waals surface area contributed by atoms with Gasteiger partial charge < -0.3 is 18.2 Å². The first-order chi connectivity index (χ1) is 6.00. The quantitative estimate of drug-likeness (QED) is 0.227. The van der Waals surface area contributed by atoms with Crippen molar-refractivity contribution in [3.05, 3.63) is 0 Å². The smallest absolute Gasteiger partial charge is 0.759 e. The van der Waals surface area contributed by atoms with E-state index in [9.17, 15) is 0 Å². The van der Waals surface area contributed by atoms with Crippen molar-refractivity contribution in [2.75, 3.05) is 0 Å². The van der Waals surface area contributed by atoms with Gasteiger partial charge in [0.1, 0.15) is 0 Å². The van der Waals surface area contributed by atoms with Crippen LogP contribution >= 0.6 is 0 Å². The van der Waals surface area contributed by atoms with Crippen molar-refractivity contribution < 1.29 is 134 Å². The zero-order chi connectivity index (χ0) is 13.5. The normalized spacial score (nSPS) is 9.67. The molecule has 0 aromatic heterocycles. The summed E-state index contributed by atoms with van der Waals surface area (Å²) < 4.78 is 99.7. The van der Waals surface area contributed by atoms with E-state index in [4.69, 9.17) is 52.6 Å². The summed E-state index contributed by atoms with van der Waals surface area (Å²) in [7, 11) is -15.0. The molecule has 0 aliphatic heterocycles. The summed E-state index contributed by atoms with van der Waals surface area (Å²) in [5.41, 5.74) is 0. The number of hydrogen-bond acceptors (Lipinski definition) is 10. The van der Waals surface area contributed by atoms with Gasteiger partial charge in [0.25, 0.3) is 0 Å². The van der Waals surface area contributed by atoms with Gasteiger partial charge >= 0.3 is 114 Å². The zero-order valence-electron chi connectivity index (χ0n) is 8.91. The Hall–Kier alpha value is 3.01. The van der Waals surface area contributed by atoms with Gasteiger partial charge in [-0.15, -0.1) is 0 Å². The Kier molecular flexibility index (Phi) is 34.0. The summed E-state index contributed by atoms with van der Waals surface area (Å²) in [5, 5.41) is 0. The molecule has 0 aromatic rings. The Morgan fingerprint density at radius 2 is 0.667 bits per heavy atom. The largest absolute Gasteiger partial charge is 2.00 e. The van der Waals surface area contributed by atoms with E-state index in [1.807, 2.05) is 0 Å². The van der Waals surface area contributed by atoms with Crippen LogP contribution in [0.25, 0.3) is 0 Å². The fraction of sp³-hybridized carbons (Fsp3) is 0. The predicted octanol–water partition coefficient (Wildman–Crippen LogP) is -9.70. The maximum absolute atomic E-state index is 8.74. The molecule has 2 N–H and O–H groups in total. The molecule has 0 spiro atoms. The van der Waals surface area contributed by atoms with Crippen LogP contribution in [0, 0.1) is 0 Å². The molecule has 0 aliphatic carbocycles. The maximum Gasteiger partial charge on any atom is 2.00 e. The van der Waals surface area contributed by atoms with E-state index in [2.05, 4.69) is 0 Å². The molecular weight excluding hydrogens is 375 g/mol. The van der Waals surface area contributed by atoms with Gasteiger partial charge in [-0.2, -0.15) is 8.42 Å². The van der Waals surface area contributed by atoms with Crippen molar-refractivity contribution >= 4 is 54.2 Å². The minimum Gasteiger partial charge on any atom is -0.759 e. The first kappa shape index (κ1) is 37.3. The second-order valence-corrected chi connectivity index (χ2v) is 3.79. The minimum absolute atomic E-state index is 0. The molecule has 18 heteroatoms. The van der Waals surface area contributed by atoms with Gasteiger partial charge in [0.05, 0.1) is 0 Å². The van der Waals surface area contributed by atoms with Crippen LogP contribution in [0.2, 0.25) is 0 Å². The molecule has 0 aromatic carbocycles. The van der Waals surface area contributed by atoms with Gasteiger partial charge in [0.15, 0.2) is 0 Å². The van der Waals surface area contributed by atoms with Crippen molar-refractivity contribution in [1.29, 1.82) is 0 Å². The average molecular weight is 377 g/mol. The third-order valence-corrected chi connectivity index (χ3v) is 0. The van der Waals surface area contributed by atoms with E-state index >= 15 is 0 Å². The van der Waals surface area contributed by atoms with Gasteiger partial charge in [-0.25, -0.2) is 0 Å². The van der Waals surface area contributed by atoms with Gasteiger partial charge in [-0.05, 0) is 0 Å².